The fourth-order valence-corrected chi connectivity index (χ4v) is 4.08. The second-order valence-corrected chi connectivity index (χ2v) is 8.24. The molecular weight excluding hydrogens is 455 g/mol. The number of aromatic nitrogens is 2. The molecule has 0 aliphatic rings. The average Bonchev–Trinajstić information content (AvgIpc) is 3.21. The number of carboxylic acid groups (broad SMARTS) is 1. The van der Waals surface area contributed by atoms with Crippen molar-refractivity contribution in [3.63, 3.8) is 0 Å². The Morgan fingerprint density at radius 2 is 1.68 bits per heavy atom. The van der Waals surface area contributed by atoms with Gasteiger partial charge in [0.1, 0.15) is 11.6 Å². The highest BCUT2D eigenvalue weighted by Crippen LogP contribution is 2.34. The van der Waals surface area contributed by atoms with Crippen molar-refractivity contribution < 1.29 is 19.0 Å². The van der Waals surface area contributed by atoms with Crippen molar-refractivity contribution >= 4 is 28.6 Å². The molecule has 5 rings (SSSR count). The van der Waals surface area contributed by atoms with Crippen molar-refractivity contribution in [1.29, 1.82) is 0 Å². The number of carboxylic acids is 1. The molecule has 0 aliphatic heterocycles. The second-order valence-electron chi connectivity index (χ2n) is 7.83. The molecular formula is C27H18ClFN2O3. The maximum absolute atomic E-state index is 14.1. The van der Waals surface area contributed by atoms with Crippen molar-refractivity contribution in [3.05, 3.63) is 101 Å². The molecule has 168 valence electrons. The van der Waals surface area contributed by atoms with Gasteiger partial charge in [0.15, 0.2) is 0 Å². The van der Waals surface area contributed by atoms with Crippen LogP contribution in [0.25, 0.3) is 33.3 Å². The van der Waals surface area contributed by atoms with Gasteiger partial charge in [0, 0.05) is 11.1 Å². The number of H-pyrrole nitrogens is 1. The first-order chi connectivity index (χ1) is 16.4. The summed E-state index contributed by atoms with van der Waals surface area (Å²) in [5.74, 6) is -0.940. The van der Waals surface area contributed by atoms with Gasteiger partial charge in [0.2, 0.25) is 0 Å². The first-order valence-electron chi connectivity index (χ1n) is 10.5. The molecule has 5 nitrogen and oxygen atoms in total. The lowest BCUT2D eigenvalue weighted by molar-refractivity contribution is 0.0695. The van der Waals surface area contributed by atoms with Crippen LogP contribution >= 0.6 is 11.6 Å². The average molecular weight is 473 g/mol. The number of fused-ring (bicyclic) bond motifs is 1. The van der Waals surface area contributed by atoms with Crippen molar-refractivity contribution in [3.8, 4) is 34.0 Å². The van der Waals surface area contributed by atoms with Gasteiger partial charge in [-0.25, -0.2) is 9.18 Å². The summed E-state index contributed by atoms with van der Waals surface area (Å²) in [5.41, 5.74) is 5.06. The van der Waals surface area contributed by atoms with E-state index < -0.39 is 5.97 Å². The lowest BCUT2D eigenvalue weighted by Gasteiger charge is -2.07. The van der Waals surface area contributed by atoms with E-state index in [1.54, 1.807) is 43.3 Å². The van der Waals surface area contributed by atoms with E-state index in [-0.39, 0.29) is 17.4 Å². The smallest absolute Gasteiger partial charge is 0.336 e. The first kappa shape index (κ1) is 21.7. The van der Waals surface area contributed by atoms with Crippen LogP contribution in [0.3, 0.4) is 0 Å². The Labute approximate surface area is 199 Å². The molecule has 0 radical (unpaired) electrons. The third kappa shape index (κ3) is 4.11. The Morgan fingerprint density at radius 1 is 0.971 bits per heavy atom. The minimum atomic E-state index is -1.02. The van der Waals surface area contributed by atoms with Crippen LogP contribution in [0.15, 0.2) is 78.9 Å². The van der Waals surface area contributed by atoms with Crippen molar-refractivity contribution in [2.45, 2.75) is 6.92 Å². The molecule has 7 heteroatoms. The first-order valence-corrected chi connectivity index (χ1v) is 10.8. The van der Waals surface area contributed by atoms with Crippen molar-refractivity contribution in [2.75, 3.05) is 0 Å². The molecule has 0 spiro atoms. The van der Waals surface area contributed by atoms with Crippen LogP contribution in [0.5, 0.6) is 11.8 Å². The van der Waals surface area contributed by atoms with Gasteiger partial charge in [0.05, 0.1) is 21.6 Å². The molecule has 4 aromatic carbocycles. The number of hydrogen-bond acceptors (Lipinski definition) is 3. The van der Waals surface area contributed by atoms with Gasteiger partial charge < -0.3 is 14.8 Å². The van der Waals surface area contributed by atoms with Crippen LogP contribution in [0.1, 0.15) is 15.9 Å². The number of halogens is 2. The number of aromatic carboxylic acids is 1. The molecule has 0 saturated carbocycles. The highest BCUT2D eigenvalue weighted by molar-refractivity contribution is 6.34. The van der Waals surface area contributed by atoms with Crippen LogP contribution in [-0.2, 0) is 0 Å². The Balaban J connectivity index is 1.45. The van der Waals surface area contributed by atoms with E-state index in [4.69, 9.17) is 16.3 Å². The predicted molar refractivity (Wildman–Crippen MR) is 130 cm³/mol. The fraction of sp³-hybridized carbons (Fsp3) is 0.0370. The van der Waals surface area contributed by atoms with Gasteiger partial charge in [0.25, 0.3) is 6.01 Å². The van der Waals surface area contributed by atoms with Gasteiger partial charge >= 0.3 is 5.97 Å². The van der Waals surface area contributed by atoms with Gasteiger partial charge in [-0.3, -0.25) is 0 Å². The quantitative estimate of drug-likeness (QED) is 0.278. The summed E-state index contributed by atoms with van der Waals surface area (Å²) < 4.78 is 19.9. The summed E-state index contributed by atoms with van der Waals surface area (Å²) in [4.78, 5) is 18.9. The number of carbonyl (C=O) groups is 1. The number of aryl methyl sites for hydroxylation is 1. The Hall–Kier alpha value is -4.16. The summed E-state index contributed by atoms with van der Waals surface area (Å²) >= 11 is 6.55. The highest BCUT2D eigenvalue weighted by atomic mass is 35.5. The van der Waals surface area contributed by atoms with E-state index in [9.17, 15) is 14.3 Å². The number of aromatic amines is 1. The number of imidazole rings is 1. The van der Waals surface area contributed by atoms with E-state index in [0.29, 0.717) is 32.9 Å². The maximum atomic E-state index is 14.1. The Kier molecular flexibility index (Phi) is 5.51. The fourth-order valence-electron chi connectivity index (χ4n) is 3.81. The monoisotopic (exact) mass is 472 g/mol. The molecule has 0 atom stereocenters. The zero-order chi connectivity index (χ0) is 23.8. The van der Waals surface area contributed by atoms with Crippen molar-refractivity contribution in [2.24, 2.45) is 0 Å². The predicted octanol–water partition coefficient (Wildman–Crippen LogP) is 7.49. The zero-order valence-electron chi connectivity index (χ0n) is 18.0. The molecule has 0 saturated heterocycles. The lowest BCUT2D eigenvalue weighted by atomic mass is 10.00. The number of rotatable bonds is 5. The SMILES string of the molecule is Cc1ccc(Oc2nc3cc(-c4ccc(-c5ccccc5F)cc4)c(Cl)cc3[nH]2)cc1C(=O)O. The van der Waals surface area contributed by atoms with Gasteiger partial charge in [-0.05, 0) is 53.9 Å². The topological polar surface area (TPSA) is 75.2 Å². The number of ether oxygens (including phenoxy) is 1. The molecule has 0 bridgehead atoms. The van der Waals surface area contributed by atoms with E-state index in [2.05, 4.69) is 9.97 Å². The van der Waals surface area contributed by atoms with Crippen LogP contribution in [0.4, 0.5) is 4.39 Å². The summed E-state index contributed by atoms with van der Waals surface area (Å²) in [6, 6.07) is 22.8. The largest absolute Gasteiger partial charge is 0.478 e. The molecule has 34 heavy (non-hydrogen) atoms. The minimum absolute atomic E-state index is 0.165. The number of benzene rings is 4. The van der Waals surface area contributed by atoms with E-state index in [0.717, 1.165) is 16.7 Å². The Bertz CT molecular complexity index is 1540. The minimum Gasteiger partial charge on any atom is -0.478 e. The molecule has 0 unspecified atom stereocenters. The number of hydrogen-bond donors (Lipinski definition) is 2. The van der Waals surface area contributed by atoms with E-state index >= 15 is 0 Å². The molecule has 5 aromatic rings. The van der Waals surface area contributed by atoms with Gasteiger partial charge in [-0.15, -0.1) is 0 Å². The molecule has 0 aliphatic carbocycles. The third-order valence-electron chi connectivity index (χ3n) is 5.58. The molecule has 0 amide bonds. The number of nitrogens with zero attached hydrogens (tertiary/aromatic N) is 1. The summed E-state index contributed by atoms with van der Waals surface area (Å²) in [6.45, 7) is 1.72. The second kappa shape index (κ2) is 8.65. The molecule has 0 fully saturated rings. The van der Waals surface area contributed by atoms with Gasteiger partial charge in [-0.1, -0.05) is 60.1 Å². The van der Waals surface area contributed by atoms with Crippen LogP contribution in [0.2, 0.25) is 5.02 Å². The summed E-state index contributed by atoms with van der Waals surface area (Å²) in [7, 11) is 0. The van der Waals surface area contributed by atoms with Gasteiger partial charge in [-0.2, -0.15) is 4.98 Å². The maximum Gasteiger partial charge on any atom is 0.336 e. The van der Waals surface area contributed by atoms with E-state index in [1.165, 1.54) is 12.1 Å². The normalized spacial score (nSPS) is 11.0. The van der Waals surface area contributed by atoms with Crippen LogP contribution < -0.4 is 4.74 Å². The van der Waals surface area contributed by atoms with Crippen molar-refractivity contribution in [1.82, 2.24) is 9.97 Å². The zero-order valence-corrected chi connectivity index (χ0v) is 18.7. The Morgan fingerprint density at radius 3 is 2.38 bits per heavy atom. The summed E-state index contributed by atoms with van der Waals surface area (Å²) in [6.07, 6.45) is 0. The standard InChI is InChI=1S/C27H18ClFN2O3/c1-15-6-11-18(12-20(15)26(32)33)34-27-30-24-13-21(22(28)14-25(24)31-27)17-9-7-16(8-10-17)19-4-2-3-5-23(19)29/h2-14H,1H3,(H,30,31)(H,32,33). The molecule has 1 aromatic heterocycles. The van der Waals surface area contributed by atoms with Crippen LogP contribution in [-0.4, -0.2) is 21.0 Å². The summed E-state index contributed by atoms with van der Waals surface area (Å²) in [5, 5.41) is 9.84. The van der Waals surface area contributed by atoms with E-state index in [1.807, 2.05) is 30.3 Å². The third-order valence-corrected chi connectivity index (χ3v) is 5.90. The highest BCUT2D eigenvalue weighted by Gasteiger charge is 2.13. The number of nitrogens with one attached hydrogen (secondary N) is 1. The van der Waals surface area contributed by atoms with Crippen LogP contribution in [0, 0.1) is 12.7 Å². The molecule has 2 N–H and O–H groups in total. The molecule has 1 heterocycles. The lowest BCUT2D eigenvalue weighted by Crippen LogP contribution is -2.00.